The lowest BCUT2D eigenvalue weighted by atomic mass is 10.1. The minimum absolute atomic E-state index is 0.0305. The summed E-state index contributed by atoms with van der Waals surface area (Å²) in [7, 11) is 1.54. The van der Waals surface area contributed by atoms with Gasteiger partial charge in [-0.3, -0.25) is 25.2 Å². The van der Waals surface area contributed by atoms with E-state index in [1.165, 1.54) is 43.0 Å². The van der Waals surface area contributed by atoms with Crippen LogP contribution in [-0.4, -0.2) is 30.5 Å². The zero-order valence-electron chi connectivity index (χ0n) is 15.6. The fraction of sp³-hybridized carbons (Fsp3) is 0.250. The molecule has 2 amide bonds. The van der Waals surface area contributed by atoms with Gasteiger partial charge in [0.25, 0.3) is 0 Å². The first kappa shape index (κ1) is 21.4. The number of benzene rings is 2. The molecule has 0 saturated carbocycles. The van der Waals surface area contributed by atoms with Gasteiger partial charge in [0.15, 0.2) is 5.78 Å². The van der Waals surface area contributed by atoms with Crippen molar-refractivity contribution in [3.63, 3.8) is 0 Å². The van der Waals surface area contributed by atoms with Gasteiger partial charge < -0.3 is 4.74 Å². The standard InChI is InChI=1S/C20H21FN2O4S/c1-13(24)15-5-8-18(27-2)16(10-15)11-28-12-20(26)23-22-19(25)9-14-3-6-17(21)7-4-14/h3-8,10H,9,11-12H2,1-2H3,(H,22,25)(H,23,26). The molecule has 0 aliphatic heterocycles. The van der Waals surface area contributed by atoms with Crippen molar-refractivity contribution in [1.29, 1.82) is 0 Å². The lowest BCUT2D eigenvalue weighted by Crippen LogP contribution is -2.43. The van der Waals surface area contributed by atoms with E-state index in [0.29, 0.717) is 22.6 Å². The van der Waals surface area contributed by atoms with E-state index < -0.39 is 5.91 Å². The Morgan fingerprint density at radius 1 is 1.04 bits per heavy atom. The van der Waals surface area contributed by atoms with Crippen LogP contribution in [0.2, 0.25) is 0 Å². The highest BCUT2D eigenvalue weighted by Crippen LogP contribution is 2.24. The SMILES string of the molecule is COc1ccc(C(C)=O)cc1CSCC(=O)NNC(=O)Cc1ccc(F)cc1. The van der Waals surface area contributed by atoms with Crippen molar-refractivity contribution in [2.75, 3.05) is 12.9 Å². The van der Waals surface area contributed by atoms with E-state index in [-0.39, 0.29) is 29.7 Å². The first-order valence-corrected chi connectivity index (χ1v) is 9.62. The third kappa shape index (κ3) is 6.70. The normalized spacial score (nSPS) is 10.2. The summed E-state index contributed by atoms with van der Waals surface area (Å²) < 4.78 is 18.1. The molecule has 0 spiro atoms. The van der Waals surface area contributed by atoms with E-state index in [9.17, 15) is 18.8 Å². The molecule has 148 valence electrons. The quantitative estimate of drug-likeness (QED) is 0.522. The molecule has 8 heteroatoms. The minimum atomic E-state index is -0.402. The molecule has 2 N–H and O–H groups in total. The number of amides is 2. The highest BCUT2D eigenvalue weighted by molar-refractivity contribution is 7.99. The molecule has 0 atom stereocenters. The molecule has 0 unspecified atom stereocenters. The molecule has 2 rings (SSSR count). The molecule has 0 heterocycles. The van der Waals surface area contributed by atoms with E-state index >= 15 is 0 Å². The summed E-state index contributed by atoms with van der Waals surface area (Å²) in [6.07, 6.45) is 0.0305. The van der Waals surface area contributed by atoms with E-state index in [4.69, 9.17) is 4.74 Å². The third-order valence-electron chi connectivity index (χ3n) is 3.80. The minimum Gasteiger partial charge on any atom is -0.496 e. The lowest BCUT2D eigenvalue weighted by molar-refractivity contribution is -0.127. The van der Waals surface area contributed by atoms with E-state index in [1.54, 1.807) is 25.3 Å². The Kier molecular flexibility index (Phi) is 8.01. The van der Waals surface area contributed by atoms with Gasteiger partial charge in [-0.2, -0.15) is 0 Å². The maximum absolute atomic E-state index is 12.8. The average Bonchev–Trinajstić information content (AvgIpc) is 2.68. The number of hydrogen-bond acceptors (Lipinski definition) is 5. The van der Waals surface area contributed by atoms with Crippen LogP contribution in [0.15, 0.2) is 42.5 Å². The van der Waals surface area contributed by atoms with Crippen LogP contribution in [0.5, 0.6) is 5.75 Å². The summed E-state index contributed by atoms with van der Waals surface area (Å²) >= 11 is 1.33. The van der Waals surface area contributed by atoms with Gasteiger partial charge in [-0.25, -0.2) is 4.39 Å². The van der Waals surface area contributed by atoms with Gasteiger partial charge in [0, 0.05) is 16.9 Å². The molecule has 0 aliphatic rings. The third-order valence-corrected chi connectivity index (χ3v) is 4.78. The molecule has 0 bridgehead atoms. The second-order valence-electron chi connectivity index (χ2n) is 5.98. The number of Topliss-reactive ketones (excluding diaryl/α,β-unsaturated/α-hetero) is 1. The zero-order chi connectivity index (χ0) is 20.5. The summed E-state index contributed by atoms with van der Waals surface area (Å²) in [4.78, 5) is 35.2. The first-order valence-electron chi connectivity index (χ1n) is 8.46. The first-order chi connectivity index (χ1) is 13.4. The van der Waals surface area contributed by atoms with Crippen LogP contribution in [0.3, 0.4) is 0 Å². The van der Waals surface area contributed by atoms with Crippen molar-refractivity contribution in [2.24, 2.45) is 0 Å². The van der Waals surface area contributed by atoms with Gasteiger partial charge in [-0.1, -0.05) is 12.1 Å². The molecular formula is C20H21FN2O4S. The van der Waals surface area contributed by atoms with Crippen LogP contribution < -0.4 is 15.6 Å². The number of methoxy groups -OCH3 is 1. The monoisotopic (exact) mass is 404 g/mol. The number of carbonyl (C=O) groups excluding carboxylic acids is 3. The molecule has 0 aromatic heterocycles. The summed E-state index contributed by atoms with van der Waals surface area (Å²) in [5.74, 6) is 0.0480. The fourth-order valence-electron chi connectivity index (χ4n) is 2.37. The van der Waals surface area contributed by atoms with Crippen LogP contribution in [0.25, 0.3) is 0 Å². The number of thioether (sulfide) groups is 1. The summed E-state index contributed by atoms with van der Waals surface area (Å²) in [5.41, 5.74) is 6.70. The van der Waals surface area contributed by atoms with E-state index in [2.05, 4.69) is 10.9 Å². The molecule has 0 saturated heterocycles. The average molecular weight is 404 g/mol. The van der Waals surface area contributed by atoms with Gasteiger partial charge >= 0.3 is 0 Å². The molecule has 6 nitrogen and oxygen atoms in total. The van der Waals surface area contributed by atoms with E-state index in [0.717, 1.165) is 5.56 Å². The maximum atomic E-state index is 12.8. The van der Waals surface area contributed by atoms with Crippen molar-refractivity contribution in [1.82, 2.24) is 10.9 Å². The largest absolute Gasteiger partial charge is 0.496 e. The second-order valence-corrected chi connectivity index (χ2v) is 6.96. The van der Waals surface area contributed by atoms with E-state index in [1.807, 2.05) is 0 Å². The van der Waals surface area contributed by atoms with Crippen molar-refractivity contribution in [3.05, 3.63) is 65.0 Å². The summed E-state index contributed by atoms with van der Waals surface area (Å²) in [5, 5.41) is 0. The Bertz CT molecular complexity index is 856. The van der Waals surface area contributed by atoms with Crippen molar-refractivity contribution < 1.29 is 23.5 Å². The summed E-state index contributed by atoms with van der Waals surface area (Å²) in [6.45, 7) is 1.49. The molecule has 28 heavy (non-hydrogen) atoms. The molecule has 0 fully saturated rings. The highest BCUT2D eigenvalue weighted by atomic mass is 32.2. The number of halogens is 1. The van der Waals surface area contributed by atoms with Crippen LogP contribution in [0.4, 0.5) is 4.39 Å². The van der Waals surface area contributed by atoms with Crippen LogP contribution in [0, 0.1) is 5.82 Å². The molecule has 2 aromatic rings. The van der Waals surface area contributed by atoms with Gasteiger partial charge in [-0.15, -0.1) is 11.8 Å². The Hall–Kier alpha value is -2.87. The van der Waals surface area contributed by atoms with Crippen LogP contribution in [-0.2, 0) is 21.8 Å². The van der Waals surface area contributed by atoms with Crippen molar-refractivity contribution in [3.8, 4) is 5.75 Å². The van der Waals surface area contributed by atoms with Gasteiger partial charge in [0.2, 0.25) is 11.8 Å². The highest BCUT2D eigenvalue weighted by Gasteiger charge is 2.10. The van der Waals surface area contributed by atoms with Gasteiger partial charge in [0.1, 0.15) is 11.6 Å². The summed E-state index contributed by atoms with van der Waals surface area (Å²) in [6, 6.07) is 10.7. The zero-order valence-corrected chi connectivity index (χ0v) is 16.4. The second kappa shape index (κ2) is 10.5. The number of ketones is 1. The predicted molar refractivity (Wildman–Crippen MR) is 106 cm³/mol. The topological polar surface area (TPSA) is 84.5 Å². The maximum Gasteiger partial charge on any atom is 0.248 e. The van der Waals surface area contributed by atoms with Crippen LogP contribution in [0.1, 0.15) is 28.4 Å². The fourth-order valence-corrected chi connectivity index (χ4v) is 3.18. The molecule has 2 aromatic carbocycles. The number of hydrazine groups is 1. The molecule has 0 radical (unpaired) electrons. The van der Waals surface area contributed by atoms with Crippen molar-refractivity contribution in [2.45, 2.75) is 19.1 Å². The van der Waals surface area contributed by atoms with Gasteiger partial charge in [-0.05, 0) is 42.8 Å². The Labute approximate surface area is 166 Å². The van der Waals surface area contributed by atoms with Crippen LogP contribution >= 0.6 is 11.8 Å². The smallest absolute Gasteiger partial charge is 0.248 e. The number of hydrogen-bond donors (Lipinski definition) is 2. The Balaban J connectivity index is 1.76. The van der Waals surface area contributed by atoms with Crippen molar-refractivity contribution >= 4 is 29.4 Å². The number of rotatable bonds is 8. The molecular weight excluding hydrogens is 383 g/mol. The molecule has 0 aliphatic carbocycles. The number of nitrogens with one attached hydrogen (secondary N) is 2. The Morgan fingerprint density at radius 2 is 1.71 bits per heavy atom. The van der Waals surface area contributed by atoms with Gasteiger partial charge in [0.05, 0.1) is 19.3 Å². The number of carbonyl (C=O) groups is 3. The Morgan fingerprint density at radius 3 is 2.36 bits per heavy atom. The number of ether oxygens (including phenoxy) is 1. The predicted octanol–water partition coefficient (Wildman–Crippen LogP) is 2.66. The lowest BCUT2D eigenvalue weighted by Gasteiger charge is -2.10.